The van der Waals surface area contributed by atoms with E-state index in [1.165, 1.54) is 114 Å². The van der Waals surface area contributed by atoms with Gasteiger partial charge in [-0.1, -0.05) is 13.8 Å². The number of nitrogens with zero attached hydrogens (tertiary/aromatic N) is 12. The molecule has 0 bridgehead atoms. The molecule has 0 amide bonds. The number of oxazole rings is 1. The van der Waals surface area contributed by atoms with Gasteiger partial charge in [0.25, 0.3) is 21.5 Å². The molecule has 0 N–H and O–H groups in total. The number of aryl methyl sites for hydroxylation is 3. The summed E-state index contributed by atoms with van der Waals surface area (Å²) in [5.74, 6) is -3.97. The van der Waals surface area contributed by atoms with Crippen LogP contribution in [0.15, 0.2) is 89.6 Å². The van der Waals surface area contributed by atoms with Gasteiger partial charge < -0.3 is 91.9 Å². The fourth-order valence-electron chi connectivity index (χ4n) is 5.88. The smallest absolute Gasteiger partial charge is 0.334 e. The van der Waals surface area contributed by atoms with Crippen LogP contribution in [0.25, 0.3) is 0 Å². The molecule has 35 heteroatoms. The first-order valence-corrected chi connectivity index (χ1v) is 26.2. The summed E-state index contributed by atoms with van der Waals surface area (Å²) >= 11 is 20.3. The van der Waals surface area contributed by atoms with Gasteiger partial charge >= 0.3 is 11.7 Å². The van der Waals surface area contributed by atoms with Gasteiger partial charge in [0.2, 0.25) is 0 Å². The Bertz CT molecular complexity index is 3780. The summed E-state index contributed by atoms with van der Waals surface area (Å²) in [6.45, 7) is 8.67. The largest absolute Gasteiger partial charge is 0.875 e. The molecule has 0 aromatic carbocycles. The molecular weight excluding hydrogens is 1200 g/mol. The lowest BCUT2D eigenvalue weighted by Crippen LogP contribution is -2.37. The van der Waals surface area contributed by atoms with Crippen molar-refractivity contribution >= 4 is 72.0 Å². The fraction of sp³-hybridized carbons (Fsp3) is 0.408. The number of ether oxygens (including phenoxy) is 2. The van der Waals surface area contributed by atoms with Gasteiger partial charge in [-0.3, -0.25) is 37.7 Å². The highest BCUT2D eigenvalue weighted by atomic mass is 32.1. The quantitative estimate of drug-likeness (QED) is 0.116. The Morgan fingerprint density at radius 1 is 0.536 bits per heavy atom. The molecule has 0 atom stereocenters. The molecule has 2 aliphatic rings. The van der Waals surface area contributed by atoms with Crippen LogP contribution in [0.4, 0.5) is 0 Å². The molecule has 8 heterocycles. The summed E-state index contributed by atoms with van der Waals surface area (Å²) in [5.41, 5.74) is -1.12. The number of ketones is 1. The summed E-state index contributed by atoms with van der Waals surface area (Å²) in [7, 11) is 17.1. The molecule has 1 aliphatic carbocycles. The number of cyclic esters (lactones) is 1. The summed E-state index contributed by atoms with van der Waals surface area (Å²) < 4.78 is 29.0. The van der Waals surface area contributed by atoms with Crippen LogP contribution in [0.3, 0.4) is 0 Å². The second-order valence-electron chi connectivity index (χ2n) is 18.8. The molecule has 0 unspecified atom stereocenters. The van der Waals surface area contributed by atoms with Crippen LogP contribution >= 0.6 is 60.2 Å². The molecule has 464 valence electrons. The van der Waals surface area contributed by atoms with Gasteiger partial charge in [-0.05, 0) is 129 Å². The molecule has 7 aromatic rings. The van der Waals surface area contributed by atoms with E-state index in [0.29, 0.717) is 21.6 Å². The topological polar surface area (TPSA) is 409 Å². The SMILES string of the molecule is CC1(C)CC(=O)C=C([O-])C1.CC1(C)OC(=O)C=C([O-])O1.Cc1cc([O-])n(C)n1.Cn1c([O-])cc(=O)n(C)c1=O.Cn1c([O-])cc(=O)n(C)c1=S.Cn1c([O-])cc(=O)n1C.Cn1c([O-])coc1=S.Cn1c([O-])csc1=S.Cn1cc([O-])n(C)c1=S. The Morgan fingerprint density at radius 2 is 1.06 bits per heavy atom. The van der Waals surface area contributed by atoms with Crippen molar-refractivity contribution in [2.45, 2.75) is 53.2 Å². The van der Waals surface area contributed by atoms with Gasteiger partial charge in [-0.2, -0.15) is 5.10 Å². The highest BCUT2D eigenvalue weighted by molar-refractivity contribution is 7.73. The van der Waals surface area contributed by atoms with E-state index in [2.05, 4.69) is 31.2 Å². The van der Waals surface area contributed by atoms with Crippen molar-refractivity contribution < 1.29 is 69.4 Å². The Kier molecular flexibility index (Phi) is 27.7. The van der Waals surface area contributed by atoms with Gasteiger partial charge in [-0.15, -0.1) is 17.1 Å². The number of rotatable bonds is 0. The van der Waals surface area contributed by atoms with Crippen molar-refractivity contribution in [1.82, 2.24) is 55.7 Å². The number of hydrogen-bond acceptors (Lipinski definition) is 24. The lowest BCUT2D eigenvalue weighted by molar-refractivity contribution is -0.392. The summed E-state index contributed by atoms with van der Waals surface area (Å²) in [6.07, 6.45) is 5.55. The molecule has 84 heavy (non-hydrogen) atoms. The maximum atomic E-state index is 10.9. The highest BCUT2D eigenvalue weighted by Gasteiger charge is 2.24. The van der Waals surface area contributed by atoms with Gasteiger partial charge in [0, 0.05) is 126 Å². The van der Waals surface area contributed by atoms with Crippen molar-refractivity contribution in [3.63, 3.8) is 0 Å². The highest BCUT2D eigenvalue weighted by Crippen LogP contribution is 2.31. The standard InChI is InChI=1S/C8H12O2.C6H8N2O3.C6H8N2O2S.C6H8O4.C5H8N2O2.C5H8N2OS.C5H8N2O.C4H5NO2S.C4H5NOS2/c1-8(2)4-6(9)3-7(10)5-8;2*1-7-4(9)3-5(10)8(2)6(7)11;1-6(2)9-4(7)3-5(8)10-6;1-6-4(8)3-5(9)7(6)2;1-6-3-4(8)7(2)5(6)9;1-4-3-5(8)7(2)6-4;1-5-3(6)2-7-4(5)8;1-5-3(6)2-8-4(5)7/h3,9H,4-5H2,1-2H3;2*3,9H,1-2H3;3,7H,1-2H3;2*3,8H,1-2H3;3,8H,1-2H3;2*2,6H,1H3/p-9. The maximum absolute atomic E-state index is 10.9. The van der Waals surface area contributed by atoms with Crippen molar-refractivity contribution in [1.29, 1.82) is 0 Å². The number of allylic oxidation sites excluding steroid dienone is 2. The van der Waals surface area contributed by atoms with Crippen LogP contribution in [0, 0.1) is 30.7 Å². The van der Waals surface area contributed by atoms with E-state index < -0.39 is 34.8 Å². The summed E-state index contributed by atoms with van der Waals surface area (Å²) in [5, 5.41) is 101. The molecule has 0 radical (unpaired) electrons. The third kappa shape index (κ3) is 22.9. The molecule has 1 aliphatic heterocycles. The average Bonchev–Trinajstić information content (AvgIpc) is 4.29. The van der Waals surface area contributed by atoms with E-state index in [1.54, 1.807) is 60.8 Å². The van der Waals surface area contributed by atoms with Crippen molar-refractivity contribution in [2.75, 3.05) is 0 Å². The molecular formula is C49H61N12O18S5-9. The predicted octanol–water partition coefficient (Wildman–Crippen LogP) is -2.12. The Morgan fingerprint density at radius 3 is 1.35 bits per heavy atom. The normalized spacial score (nSPS) is 13.1. The van der Waals surface area contributed by atoms with E-state index in [-0.39, 0.29) is 73.0 Å². The van der Waals surface area contributed by atoms with Gasteiger partial charge in [0.1, 0.15) is 6.26 Å². The first kappa shape index (κ1) is 73.3. The molecule has 30 nitrogen and oxygen atoms in total. The molecule has 0 saturated carbocycles. The third-order valence-electron chi connectivity index (χ3n) is 10.8. The van der Waals surface area contributed by atoms with E-state index in [1.807, 2.05) is 13.8 Å². The van der Waals surface area contributed by atoms with Gasteiger partial charge in [0.05, 0.1) is 11.6 Å². The second kappa shape index (κ2) is 31.7. The van der Waals surface area contributed by atoms with Crippen molar-refractivity contribution in [3.8, 4) is 41.2 Å². The summed E-state index contributed by atoms with van der Waals surface area (Å²) in [4.78, 5) is 64.7. The molecule has 9 rings (SSSR count). The van der Waals surface area contributed by atoms with Crippen LogP contribution in [-0.4, -0.2) is 73.2 Å². The van der Waals surface area contributed by atoms with Crippen LogP contribution < -0.4 is 68.3 Å². The molecule has 0 saturated heterocycles. The zero-order valence-electron chi connectivity index (χ0n) is 48.4. The molecule has 0 fully saturated rings. The Labute approximate surface area is 503 Å². The summed E-state index contributed by atoms with van der Waals surface area (Å²) in [6, 6.07) is 4.44. The van der Waals surface area contributed by atoms with E-state index in [4.69, 9.17) is 36.7 Å². The number of esters is 1. The first-order valence-electron chi connectivity index (χ1n) is 23.6. The number of carbonyl (C=O) groups is 2. The van der Waals surface area contributed by atoms with Gasteiger partial charge in [-0.25, -0.2) is 9.59 Å². The van der Waals surface area contributed by atoms with Gasteiger partial charge in [0.15, 0.2) is 25.1 Å². The maximum Gasteiger partial charge on any atom is 0.334 e. The Balaban J connectivity index is 0.000000474. The predicted molar refractivity (Wildman–Crippen MR) is 296 cm³/mol. The minimum Gasteiger partial charge on any atom is -0.875 e. The number of hydrogen-bond donors (Lipinski definition) is 0. The first-order chi connectivity index (χ1) is 38.4. The number of thiazole rings is 1. The fourth-order valence-corrected chi connectivity index (χ4v) is 7.19. The zero-order valence-corrected chi connectivity index (χ0v) is 52.4. The Hall–Kier alpha value is -8.67. The number of carbonyl (C=O) groups excluding carboxylic acids is 2. The van der Waals surface area contributed by atoms with Crippen molar-refractivity contribution in [2.24, 2.45) is 82.9 Å². The minimum atomic E-state index is -1.11. The van der Waals surface area contributed by atoms with Crippen LogP contribution in [-0.2, 0) is 96.6 Å². The second-order valence-corrected chi connectivity index (χ2v) is 21.3. The number of aromatic nitrogens is 12. The van der Waals surface area contributed by atoms with Crippen LogP contribution in [0.1, 0.15) is 46.2 Å². The van der Waals surface area contributed by atoms with Crippen LogP contribution in [0.5, 0.6) is 41.2 Å². The average molecular weight is 1270 g/mol. The third-order valence-corrected chi connectivity index (χ3v) is 13.6. The number of imidazole rings is 1. The van der Waals surface area contributed by atoms with E-state index in [9.17, 15) is 74.7 Å². The minimum absolute atomic E-state index is 0.0139. The molecule has 7 aromatic heterocycles. The lowest BCUT2D eigenvalue weighted by atomic mass is 9.80. The van der Waals surface area contributed by atoms with E-state index >= 15 is 0 Å². The van der Waals surface area contributed by atoms with Crippen LogP contribution in [0.2, 0.25) is 0 Å². The molecule has 0 spiro atoms. The lowest BCUT2D eigenvalue weighted by Gasteiger charge is -2.36. The monoisotopic (exact) mass is 1270 g/mol. The van der Waals surface area contributed by atoms with E-state index in [0.717, 1.165) is 45.4 Å². The van der Waals surface area contributed by atoms with Crippen molar-refractivity contribution in [3.05, 3.63) is 132 Å². The zero-order chi connectivity index (χ0) is 65.2.